The van der Waals surface area contributed by atoms with Crippen molar-refractivity contribution in [2.45, 2.75) is 31.8 Å². The Morgan fingerprint density at radius 1 is 1.20 bits per heavy atom. The van der Waals surface area contributed by atoms with Gasteiger partial charge >= 0.3 is 0 Å². The summed E-state index contributed by atoms with van der Waals surface area (Å²) in [5.41, 5.74) is 2.12. The molecular formula is C20H20ClN3O. The van der Waals surface area contributed by atoms with Gasteiger partial charge in [-0.05, 0) is 49.1 Å². The van der Waals surface area contributed by atoms with Crippen molar-refractivity contribution in [2.75, 3.05) is 6.54 Å². The van der Waals surface area contributed by atoms with Crippen molar-refractivity contribution in [3.63, 3.8) is 0 Å². The highest BCUT2D eigenvalue weighted by molar-refractivity contribution is 6.35. The van der Waals surface area contributed by atoms with Gasteiger partial charge in [0.25, 0.3) is 0 Å². The van der Waals surface area contributed by atoms with Gasteiger partial charge in [-0.2, -0.15) is 0 Å². The van der Waals surface area contributed by atoms with Crippen LogP contribution in [0, 0.1) is 0 Å². The number of rotatable bonds is 3. The number of halogens is 1. The topological polar surface area (TPSA) is 38.1 Å². The van der Waals surface area contributed by atoms with Crippen LogP contribution in [0.1, 0.15) is 30.9 Å². The minimum atomic E-state index is 0.125. The van der Waals surface area contributed by atoms with Crippen molar-refractivity contribution in [2.24, 2.45) is 0 Å². The number of pyridine rings is 1. The molecule has 1 amide bonds. The van der Waals surface area contributed by atoms with Crippen molar-refractivity contribution in [3.8, 4) is 0 Å². The number of amides is 1. The minimum Gasteiger partial charge on any atom is -0.338 e. The quantitative estimate of drug-likeness (QED) is 0.698. The molecule has 3 heterocycles. The molecule has 5 heteroatoms. The second kappa shape index (κ2) is 6.89. The highest BCUT2D eigenvalue weighted by Crippen LogP contribution is 2.31. The van der Waals surface area contributed by atoms with Gasteiger partial charge in [0, 0.05) is 41.1 Å². The summed E-state index contributed by atoms with van der Waals surface area (Å²) in [7, 11) is 0. The van der Waals surface area contributed by atoms with E-state index in [4.69, 9.17) is 11.6 Å². The van der Waals surface area contributed by atoms with Gasteiger partial charge in [-0.15, -0.1) is 0 Å². The standard InChI is InChI=1S/C20H20ClN3O/c21-17-6-3-8-19-16(17)9-12-23(19)14-20(25)24-11-2-1-7-18(24)15-5-4-10-22-13-15/h3-6,8-10,12-13,18H,1-2,7,11,14H2/t18-/m0/s1. The summed E-state index contributed by atoms with van der Waals surface area (Å²) in [5, 5.41) is 1.70. The third kappa shape index (κ3) is 3.14. The van der Waals surface area contributed by atoms with E-state index < -0.39 is 0 Å². The van der Waals surface area contributed by atoms with E-state index in [1.54, 1.807) is 6.20 Å². The van der Waals surface area contributed by atoms with Crippen LogP contribution in [0.5, 0.6) is 0 Å². The van der Waals surface area contributed by atoms with Crippen molar-refractivity contribution < 1.29 is 4.79 Å². The van der Waals surface area contributed by atoms with Crippen molar-refractivity contribution >= 4 is 28.4 Å². The Hall–Kier alpha value is -2.33. The van der Waals surface area contributed by atoms with E-state index in [0.29, 0.717) is 6.54 Å². The van der Waals surface area contributed by atoms with Crippen molar-refractivity contribution in [1.82, 2.24) is 14.5 Å². The molecule has 1 atom stereocenters. The Morgan fingerprint density at radius 2 is 2.12 bits per heavy atom. The predicted octanol–water partition coefficient (Wildman–Crippen LogP) is 4.44. The Bertz CT molecular complexity index is 890. The number of piperidine rings is 1. The molecule has 0 bridgehead atoms. The van der Waals surface area contributed by atoms with Crippen LogP contribution < -0.4 is 0 Å². The normalized spacial score (nSPS) is 17.8. The molecule has 0 spiro atoms. The Morgan fingerprint density at radius 3 is 2.96 bits per heavy atom. The average molecular weight is 354 g/mol. The molecule has 3 aromatic rings. The molecule has 25 heavy (non-hydrogen) atoms. The van der Waals surface area contributed by atoms with E-state index in [1.165, 1.54) is 0 Å². The number of fused-ring (bicyclic) bond motifs is 1. The van der Waals surface area contributed by atoms with Crippen molar-refractivity contribution in [1.29, 1.82) is 0 Å². The van der Waals surface area contributed by atoms with Crippen LogP contribution in [-0.2, 0) is 11.3 Å². The van der Waals surface area contributed by atoms with Crippen LogP contribution in [0.15, 0.2) is 55.0 Å². The number of carbonyl (C=O) groups is 1. The SMILES string of the molecule is O=C(Cn1ccc2c(Cl)cccc21)N1CCCC[C@H]1c1cccnc1. The lowest BCUT2D eigenvalue weighted by Crippen LogP contribution is -2.40. The summed E-state index contributed by atoms with van der Waals surface area (Å²) in [5.74, 6) is 0.144. The van der Waals surface area contributed by atoms with Crippen molar-refractivity contribution in [3.05, 3.63) is 65.6 Å². The second-order valence-electron chi connectivity index (χ2n) is 6.50. The van der Waals surface area contributed by atoms with E-state index >= 15 is 0 Å². The lowest BCUT2D eigenvalue weighted by molar-refractivity contribution is -0.135. The Labute approximate surface area is 152 Å². The van der Waals surface area contributed by atoms with Gasteiger partial charge < -0.3 is 9.47 Å². The van der Waals surface area contributed by atoms with E-state index in [2.05, 4.69) is 11.1 Å². The lowest BCUT2D eigenvalue weighted by atomic mass is 9.96. The van der Waals surface area contributed by atoms with Gasteiger partial charge in [-0.1, -0.05) is 23.7 Å². The van der Waals surface area contributed by atoms with Gasteiger partial charge in [0.2, 0.25) is 5.91 Å². The summed E-state index contributed by atoms with van der Waals surface area (Å²) in [6.45, 7) is 1.14. The Balaban J connectivity index is 1.59. The van der Waals surface area contributed by atoms with E-state index in [1.807, 2.05) is 52.2 Å². The van der Waals surface area contributed by atoms with E-state index in [9.17, 15) is 4.79 Å². The molecule has 128 valence electrons. The number of hydrogen-bond acceptors (Lipinski definition) is 2. The molecule has 1 aliphatic rings. The molecule has 1 aromatic carbocycles. The van der Waals surface area contributed by atoms with Crippen LogP contribution in [0.4, 0.5) is 0 Å². The third-order valence-corrected chi connectivity index (χ3v) is 5.29. The van der Waals surface area contributed by atoms with Gasteiger partial charge in [0.05, 0.1) is 6.04 Å². The number of likely N-dealkylation sites (tertiary alicyclic amines) is 1. The second-order valence-corrected chi connectivity index (χ2v) is 6.91. The van der Waals surface area contributed by atoms with Crippen LogP contribution in [-0.4, -0.2) is 26.9 Å². The molecule has 0 N–H and O–H groups in total. The number of nitrogens with zero attached hydrogens (tertiary/aromatic N) is 3. The molecule has 0 radical (unpaired) electrons. The zero-order valence-electron chi connectivity index (χ0n) is 13.9. The molecular weight excluding hydrogens is 334 g/mol. The zero-order valence-corrected chi connectivity index (χ0v) is 14.7. The first-order valence-electron chi connectivity index (χ1n) is 8.67. The van der Waals surface area contributed by atoms with Crippen LogP contribution >= 0.6 is 11.6 Å². The number of carbonyl (C=O) groups excluding carboxylic acids is 1. The van der Waals surface area contributed by atoms with E-state index in [-0.39, 0.29) is 11.9 Å². The number of hydrogen-bond donors (Lipinski definition) is 0. The fourth-order valence-electron chi connectivity index (χ4n) is 3.71. The summed E-state index contributed by atoms with van der Waals surface area (Å²) < 4.78 is 1.98. The molecule has 0 aliphatic carbocycles. The highest BCUT2D eigenvalue weighted by Gasteiger charge is 2.28. The molecule has 1 fully saturated rings. The van der Waals surface area contributed by atoms with Gasteiger partial charge in [0.15, 0.2) is 0 Å². The van der Waals surface area contributed by atoms with Gasteiger partial charge in [0.1, 0.15) is 6.54 Å². The fourth-order valence-corrected chi connectivity index (χ4v) is 3.94. The summed E-state index contributed by atoms with van der Waals surface area (Å²) in [4.78, 5) is 19.3. The van der Waals surface area contributed by atoms with Gasteiger partial charge in [-0.25, -0.2) is 0 Å². The third-order valence-electron chi connectivity index (χ3n) is 4.96. The molecule has 2 aromatic heterocycles. The largest absolute Gasteiger partial charge is 0.338 e. The highest BCUT2D eigenvalue weighted by atomic mass is 35.5. The van der Waals surface area contributed by atoms with Crippen LogP contribution in [0.3, 0.4) is 0 Å². The maximum atomic E-state index is 13.0. The van der Waals surface area contributed by atoms with Gasteiger partial charge in [-0.3, -0.25) is 9.78 Å². The van der Waals surface area contributed by atoms with E-state index in [0.717, 1.165) is 47.3 Å². The summed E-state index contributed by atoms with van der Waals surface area (Å²) in [6, 6.07) is 11.9. The first-order chi connectivity index (χ1) is 12.2. The first kappa shape index (κ1) is 16.2. The van der Waals surface area contributed by atoms with Crippen LogP contribution in [0.2, 0.25) is 5.02 Å². The fraction of sp³-hybridized carbons (Fsp3) is 0.300. The monoisotopic (exact) mass is 353 g/mol. The molecule has 1 aliphatic heterocycles. The molecule has 1 saturated heterocycles. The predicted molar refractivity (Wildman–Crippen MR) is 99.5 cm³/mol. The summed E-state index contributed by atoms with van der Waals surface area (Å²) >= 11 is 6.24. The molecule has 0 unspecified atom stereocenters. The molecule has 0 saturated carbocycles. The number of aromatic nitrogens is 2. The molecule has 4 nitrogen and oxygen atoms in total. The van der Waals surface area contributed by atoms with Crippen LogP contribution in [0.25, 0.3) is 10.9 Å². The Kier molecular flexibility index (Phi) is 4.45. The maximum absolute atomic E-state index is 13.0. The lowest BCUT2D eigenvalue weighted by Gasteiger charge is -2.36. The maximum Gasteiger partial charge on any atom is 0.243 e. The first-order valence-corrected chi connectivity index (χ1v) is 9.04. The minimum absolute atomic E-state index is 0.125. The smallest absolute Gasteiger partial charge is 0.243 e. The summed E-state index contributed by atoms with van der Waals surface area (Å²) in [6.07, 6.45) is 8.79. The molecule has 4 rings (SSSR count). The number of benzene rings is 1. The average Bonchev–Trinajstić information content (AvgIpc) is 3.07. The zero-order chi connectivity index (χ0) is 17.2.